The van der Waals surface area contributed by atoms with Gasteiger partial charge in [0.1, 0.15) is 16.4 Å². The highest BCUT2D eigenvalue weighted by Crippen LogP contribution is 2.30. The van der Waals surface area contributed by atoms with E-state index in [2.05, 4.69) is 10.4 Å². The molecule has 0 bridgehead atoms. The third-order valence-electron chi connectivity index (χ3n) is 6.87. The molecule has 10 nitrogen and oxygen atoms in total. The van der Waals surface area contributed by atoms with Crippen LogP contribution in [0.4, 0.5) is 4.79 Å². The van der Waals surface area contributed by atoms with Gasteiger partial charge in [-0.25, -0.2) is 14.6 Å². The number of aromatic nitrogens is 4. The maximum Gasteiger partial charge on any atom is 0.407 e. The first-order chi connectivity index (χ1) is 20.3. The van der Waals surface area contributed by atoms with Gasteiger partial charge in [0.15, 0.2) is 5.65 Å². The van der Waals surface area contributed by atoms with Gasteiger partial charge in [0.2, 0.25) is 0 Å². The summed E-state index contributed by atoms with van der Waals surface area (Å²) in [6.07, 6.45) is -0.585. The normalized spacial score (nSPS) is 12.4. The van der Waals surface area contributed by atoms with Crippen LogP contribution in [0.5, 0.6) is 0 Å². The van der Waals surface area contributed by atoms with Crippen LogP contribution in [0.3, 0.4) is 0 Å². The van der Waals surface area contributed by atoms with Crippen molar-refractivity contribution in [1.29, 1.82) is 0 Å². The molecule has 1 N–H and O–H groups in total. The van der Waals surface area contributed by atoms with Gasteiger partial charge >= 0.3 is 11.8 Å². The van der Waals surface area contributed by atoms with Crippen molar-refractivity contribution in [3.05, 3.63) is 98.3 Å². The van der Waals surface area contributed by atoms with Crippen molar-refractivity contribution in [3.8, 4) is 0 Å². The summed E-state index contributed by atoms with van der Waals surface area (Å²) in [5.74, 6) is -0.0770. The summed E-state index contributed by atoms with van der Waals surface area (Å²) in [7, 11) is 0. The van der Waals surface area contributed by atoms with Crippen molar-refractivity contribution >= 4 is 29.2 Å². The SMILES string of the molecule is Cc1ccc(C(=O)N(CCNC(=O)OC(C)(C)C)C(c2nc3c(Cl)c(C)nn3c(=O)n2Cc2ccccc2)C(C)C)cc1. The molecular weight excluding hydrogens is 568 g/mol. The second-order valence-corrected chi connectivity index (χ2v) is 12.3. The molecule has 4 rings (SSSR count). The molecule has 11 heteroatoms. The Kier molecular flexibility index (Phi) is 9.59. The van der Waals surface area contributed by atoms with Gasteiger partial charge in [0, 0.05) is 18.7 Å². The standard InChI is InChI=1S/C32H39ClN6O4/c1-20(2)26(37(18-17-34-30(41)43-32(5,6)7)29(40)24-15-13-21(3)14-16-24)28-35-27-25(33)22(4)36-39(27)31(42)38(28)19-23-11-9-8-10-12-23/h8-16,20,26H,17-19H2,1-7H3,(H,34,41). The number of hydrogen-bond acceptors (Lipinski definition) is 6. The molecular formula is C32H39ClN6O4. The van der Waals surface area contributed by atoms with Gasteiger partial charge in [0.25, 0.3) is 5.91 Å². The van der Waals surface area contributed by atoms with Gasteiger partial charge in [-0.1, -0.05) is 73.5 Å². The number of rotatable bonds is 9. The van der Waals surface area contributed by atoms with Gasteiger partial charge in [-0.05, 0) is 58.2 Å². The summed E-state index contributed by atoms with van der Waals surface area (Å²) in [5, 5.41) is 7.37. The van der Waals surface area contributed by atoms with E-state index in [1.165, 1.54) is 4.52 Å². The average Bonchev–Trinajstić information content (AvgIpc) is 3.22. The number of nitrogens with zero attached hydrogens (tertiary/aromatic N) is 5. The van der Waals surface area contributed by atoms with Crippen molar-refractivity contribution in [1.82, 2.24) is 29.4 Å². The molecule has 0 aliphatic heterocycles. The van der Waals surface area contributed by atoms with Crippen LogP contribution in [0.2, 0.25) is 5.02 Å². The number of halogens is 1. The Balaban J connectivity index is 1.85. The van der Waals surface area contributed by atoms with Gasteiger partial charge in [-0.3, -0.25) is 9.36 Å². The molecule has 2 heterocycles. The van der Waals surface area contributed by atoms with E-state index >= 15 is 0 Å². The average molecular weight is 607 g/mol. The predicted octanol–water partition coefficient (Wildman–Crippen LogP) is 5.57. The fraction of sp³-hybridized carbons (Fsp3) is 0.406. The lowest BCUT2D eigenvalue weighted by Gasteiger charge is -2.35. The predicted molar refractivity (Wildman–Crippen MR) is 167 cm³/mol. The fourth-order valence-electron chi connectivity index (χ4n) is 4.87. The number of aryl methyl sites for hydroxylation is 2. The largest absolute Gasteiger partial charge is 0.444 e. The quantitative estimate of drug-likeness (QED) is 0.267. The summed E-state index contributed by atoms with van der Waals surface area (Å²) >= 11 is 6.57. The van der Waals surface area contributed by atoms with Crippen molar-refractivity contribution in [2.45, 2.75) is 66.7 Å². The Bertz CT molecular complexity index is 1660. The van der Waals surface area contributed by atoms with Crippen LogP contribution in [0.25, 0.3) is 5.65 Å². The Hall–Kier alpha value is -4.18. The fourth-order valence-corrected chi connectivity index (χ4v) is 5.03. The van der Waals surface area contributed by atoms with E-state index in [1.807, 2.05) is 63.2 Å². The Labute approximate surface area is 256 Å². The number of hydrogen-bond donors (Lipinski definition) is 1. The molecule has 2 aromatic carbocycles. The van der Waals surface area contributed by atoms with E-state index in [1.54, 1.807) is 49.3 Å². The smallest absolute Gasteiger partial charge is 0.407 e. The Morgan fingerprint density at radius 3 is 2.30 bits per heavy atom. The second-order valence-electron chi connectivity index (χ2n) is 11.9. The van der Waals surface area contributed by atoms with Crippen LogP contribution in [-0.2, 0) is 11.3 Å². The molecule has 0 spiro atoms. The maximum atomic E-state index is 14.2. The molecule has 43 heavy (non-hydrogen) atoms. The Morgan fingerprint density at radius 1 is 1.05 bits per heavy atom. The van der Waals surface area contributed by atoms with E-state index in [-0.39, 0.29) is 42.1 Å². The van der Waals surface area contributed by atoms with Crippen molar-refractivity contribution in [2.75, 3.05) is 13.1 Å². The first kappa shape index (κ1) is 31.7. The summed E-state index contributed by atoms with van der Waals surface area (Å²) in [6, 6.07) is 16.2. The second kappa shape index (κ2) is 13.0. The van der Waals surface area contributed by atoms with Gasteiger partial charge in [-0.2, -0.15) is 9.61 Å². The highest BCUT2D eigenvalue weighted by molar-refractivity contribution is 6.34. The zero-order valence-electron chi connectivity index (χ0n) is 25.7. The van der Waals surface area contributed by atoms with Crippen molar-refractivity contribution < 1.29 is 14.3 Å². The van der Waals surface area contributed by atoms with Crippen molar-refractivity contribution in [2.24, 2.45) is 5.92 Å². The van der Waals surface area contributed by atoms with Crippen LogP contribution >= 0.6 is 11.6 Å². The van der Waals surface area contributed by atoms with Crippen molar-refractivity contribution in [3.63, 3.8) is 0 Å². The molecule has 228 valence electrons. The monoisotopic (exact) mass is 606 g/mol. The summed E-state index contributed by atoms with van der Waals surface area (Å²) < 4.78 is 8.15. The molecule has 0 fully saturated rings. The molecule has 2 amide bonds. The minimum atomic E-state index is -0.669. The number of carbonyl (C=O) groups excluding carboxylic acids is 2. The minimum Gasteiger partial charge on any atom is -0.444 e. The number of alkyl carbamates (subject to hydrolysis) is 1. The first-order valence-corrected chi connectivity index (χ1v) is 14.7. The highest BCUT2D eigenvalue weighted by Gasteiger charge is 2.34. The number of ether oxygens (including phenoxy) is 1. The minimum absolute atomic E-state index is 0.118. The summed E-state index contributed by atoms with van der Waals surface area (Å²) in [5.41, 5.74) is 1.99. The maximum absolute atomic E-state index is 14.2. The summed E-state index contributed by atoms with van der Waals surface area (Å²) in [6.45, 7) is 13.4. The number of benzene rings is 2. The molecule has 2 aromatic heterocycles. The number of carbonyl (C=O) groups is 2. The lowest BCUT2D eigenvalue weighted by Crippen LogP contribution is -2.46. The Morgan fingerprint density at radius 2 is 1.70 bits per heavy atom. The number of amides is 2. The summed E-state index contributed by atoms with van der Waals surface area (Å²) in [4.78, 5) is 47.2. The zero-order valence-corrected chi connectivity index (χ0v) is 26.5. The molecule has 0 radical (unpaired) electrons. The van der Waals surface area contributed by atoms with Crippen LogP contribution in [0.1, 0.15) is 73.7 Å². The number of nitrogens with one attached hydrogen (secondary N) is 1. The zero-order chi connectivity index (χ0) is 31.5. The van der Waals surface area contributed by atoms with Crippen LogP contribution < -0.4 is 11.0 Å². The van der Waals surface area contributed by atoms with E-state index in [4.69, 9.17) is 21.3 Å². The van der Waals surface area contributed by atoms with Crippen LogP contribution in [0.15, 0.2) is 59.4 Å². The van der Waals surface area contributed by atoms with Gasteiger partial charge in [-0.15, -0.1) is 0 Å². The van der Waals surface area contributed by atoms with Crippen LogP contribution in [0, 0.1) is 19.8 Å². The van der Waals surface area contributed by atoms with E-state index in [0.717, 1.165) is 11.1 Å². The van der Waals surface area contributed by atoms with Gasteiger partial charge in [0.05, 0.1) is 18.3 Å². The molecule has 1 unspecified atom stereocenters. The first-order valence-electron chi connectivity index (χ1n) is 14.3. The topological polar surface area (TPSA) is 111 Å². The molecule has 1 atom stereocenters. The van der Waals surface area contributed by atoms with E-state index < -0.39 is 23.4 Å². The molecule has 0 aliphatic carbocycles. The van der Waals surface area contributed by atoms with Crippen LogP contribution in [-0.4, -0.2) is 54.8 Å². The molecule has 4 aromatic rings. The molecule has 0 saturated heterocycles. The lowest BCUT2D eigenvalue weighted by molar-refractivity contribution is 0.0486. The third kappa shape index (κ3) is 7.43. The van der Waals surface area contributed by atoms with Gasteiger partial charge < -0.3 is 15.0 Å². The third-order valence-corrected chi connectivity index (χ3v) is 7.31. The highest BCUT2D eigenvalue weighted by atomic mass is 35.5. The van der Waals surface area contributed by atoms with E-state index in [0.29, 0.717) is 17.1 Å². The lowest BCUT2D eigenvalue weighted by atomic mass is 9.99. The molecule has 0 aliphatic rings. The number of fused-ring (bicyclic) bond motifs is 1. The molecule has 0 saturated carbocycles. The van der Waals surface area contributed by atoms with E-state index in [9.17, 15) is 14.4 Å².